The first-order valence-electron chi connectivity index (χ1n) is 9.56. The molecule has 0 saturated carbocycles. The molecular formula is C20H23N3O8S. The van der Waals surface area contributed by atoms with E-state index in [0.717, 1.165) is 12.1 Å². The highest BCUT2D eigenvalue weighted by atomic mass is 32.2. The first-order chi connectivity index (χ1) is 15.2. The molecular weight excluding hydrogens is 442 g/mol. The molecule has 2 aromatic carbocycles. The molecule has 0 atom stereocenters. The van der Waals surface area contributed by atoms with Gasteiger partial charge in [0, 0.05) is 43.9 Å². The van der Waals surface area contributed by atoms with Crippen molar-refractivity contribution in [2.45, 2.75) is 4.90 Å². The average molecular weight is 465 g/mol. The van der Waals surface area contributed by atoms with Crippen LogP contribution in [0.2, 0.25) is 0 Å². The molecule has 0 unspecified atom stereocenters. The number of ether oxygens (including phenoxy) is 3. The van der Waals surface area contributed by atoms with Gasteiger partial charge < -0.3 is 19.1 Å². The first kappa shape index (κ1) is 23.3. The molecule has 12 heteroatoms. The summed E-state index contributed by atoms with van der Waals surface area (Å²) in [5.74, 6) is 0.756. The van der Waals surface area contributed by atoms with Gasteiger partial charge in [-0.15, -0.1) is 0 Å². The van der Waals surface area contributed by atoms with Gasteiger partial charge in [0.1, 0.15) is 0 Å². The van der Waals surface area contributed by atoms with Crippen molar-refractivity contribution >= 4 is 21.6 Å². The van der Waals surface area contributed by atoms with E-state index >= 15 is 0 Å². The van der Waals surface area contributed by atoms with Crippen LogP contribution in [0.5, 0.6) is 17.2 Å². The number of rotatable bonds is 7. The van der Waals surface area contributed by atoms with Crippen molar-refractivity contribution < 1.29 is 32.3 Å². The molecule has 0 aliphatic carbocycles. The summed E-state index contributed by atoms with van der Waals surface area (Å²) in [7, 11) is 0.536. The van der Waals surface area contributed by atoms with Crippen LogP contribution in [0.3, 0.4) is 0 Å². The Balaban J connectivity index is 1.74. The second-order valence-electron chi connectivity index (χ2n) is 6.86. The monoisotopic (exact) mass is 465 g/mol. The van der Waals surface area contributed by atoms with E-state index in [1.807, 2.05) is 0 Å². The summed E-state index contributed by atoms with van der Waals surface area (Å²) in [5.41, 5.74) is 0.135. The molecule has 32 heavy (non-hydrogen) atoms. The Morgan fingerprint density at radius 2 is 1.47 bits per heavy atom. The van der Waals surface area contributed by atoms with Gasteiger partial charge in [-0.25, -0.2) is 8.42 Å². The highest BCUT2D eigenvalue weighted by Crippen LogP contribution is 2.38. The van der Waals surface area contributed by atoms with E-state index in [2.05, 4.69) is 0 Å². The third-order valence-electron chi connectivity index (χ3n) is 5.12. The minimum absolute atomic E-state index is 0.0347. The van der Waals surface area contributed by atoms with E-state index in [4.69, 9.17) is 14.2 Å². The summed E-state index contributed by atoms with van der Waals surface area (Å²) in [6.07, 6.45) is 0. The standard InChI is InChI=1S/C20H23N3O8S/c1-29-17-12-14(13-18(30-2)19(17)31-3)20(24)21-8-10-22(11-9-21)32(27,28)16-6-4-15(5-7-16)23(25)26/h4-7,12-13H,8-11H2,1-3H3. The number of non-ortho nitro benzene ring substituents is 1. The lowest BCUT2D eigenvalue weighted by Gasteiger charge is -2.34. The molecule has 11 nitrogen and oxygen atoms in total. The summed E-state index contributed by atoms with van der Waals surface area (Å²) in [4.78, 5) is 24.7. The molecule has 0 aromatic heterocycles. The van der Waals surface area contributed by atoms with Crippen LogP contribution in [0.25, 0.3) is 0 Å². The maximum absolute atomic E-state index is 13.0. The molecule has 1 aliphatic rings. The Hall–Kier alpha value is -3.38. The van der Waals surface area contributed by atoms with Crippen LogP contribution in [0.1, 0.15) is 10.4 Å². The van der Waals surface area contributed by atoms with E-state index in [9.17, 15) is 23.3 Å². The largest absolute Gasteiger partial charge is 0.493 e. The van der Waals surface area contributed by atoms with Crippen LogP contribution in [0, 0.1) is 10.1 Å². The lowest BCUT2D eigenvalue weighted by atomic mass is 10.1. The molecule has 1 saturated heterocycles. The predicted molar refractivity (Wildman–Crippen MR) is 114 cm³/mol. The fourth-order valence-electron chi connectivity index (χ4n) is 3.41. The third kappa shape index (κ3) is 4.46. The maximum atomic E-state index is 13.0. The van der Waals surface area contributed by atoms with Crippen LogP contribution < -0.4 is 14.2 Å². The number of hydrogen-bond donors (Lipinski definition) is 0. The van der Waals surface area contributed by atoms with Crippen LogP contribution in [0.4, 0.5) is 5.69 Å². The summed E-state index contributed by atoms with van der Waals surface area (Å²) in [6.45, 7) is 0.550. The van der Waals surface area contributed by atoms with Crippen LogP contribution in [-0.2, 0) is 10.0 Å². The Kier molecular flexibility index (Phi) is 6.84. The predicted octanol–water partition coefficient (Wildman–Crippen LogP) is 1.77. The van der Waals surface area contributed by atoms with Gasteiger partial charge in [-0.2, -0.15) is 4.31 Å². The summed E-state index contributed by atoms with van der Waals surface area (Å²) < 4.78 is 42.8. The van der Waals surface area contributed by atoms with Crippen molar-refractivity contribution in [2.24, 2.45) is 0 Å². The normalized spacial score (nSPS) is 14.7. The number of benzene rings is 2. The fourth-order valence-corrected chi connectivity index (χ4v) is 4.83. The molecule has 2 aromatic rings. The van der Waals surface area contributed by atoms with Crippen LogP contribution in [-0.4, -0.2) is 76.0 Å². The maximum Gasteiger partial charge on any atom is 0.269 e. The molecule has 0 bridgehead atoms. The van der Waals surface area contributed by atoms with Gasteiger partial charge in [-0.1, -0.05) is 0 Å². The lowest BCUT2D eigenvalue weighted by Crippen LogP contribution is -2.50. The van der Waals surface area contributed by atoms with Gasteiger partial charge in [0.05, 0.1) is 31.1 Å². The van der Waals surface area contributed by atoms with Gasteiger partial charge in [-0.05, 0) is 24.3 Å². The number of nitro groups is 1. The van der Waals surface area contributed by atoms with Gasteiger partial charge in [-0.3, -0.25) is 14.9 Å². The van der Waals surface area contributed by atoms with E-state index in [1.54, 1.807) is 17.0 Å². The summed E-state index contributed by atoms with van der Waals surface area (Å²) in [6, 6.07) is 7.81. The quantitative estimate of drug-likeness (QED) is 0.447. The van der Waals surface area contributed by atoms with Crippen molar-refractivity contribution in [3.8, 4) is 17.2 Å². The molecule has 1 heterocycles. The highest BCUT2D eigenvalue weighted by molar-refractivity contribution is 7.89. The Morgan fingerprint density at radius 1 is 0.938 bits per heavy atom. The van der Waals surface area contributed by atoms with E-state index in [-0.39, 0.29) is 42.7 Å². The highest BCUT2D eigenvalue weighted by Gasteiger charge is 2.31. The van der Waals surface area contributed by atoms with Gasteiger partial charge in [0.15, 0.2) is 11.5 Å². The Bertz CT molecular complexity index is 1090. The Labute approximate surface area is 185 Å². The molecule has 0 N–H and O–H groups in total. The van der Waals surface area contributed by atoms with Crippen molar-refractivity contribution in [1.82, 2.24) is 9.21 Å². The average Bonchev–Trinajstić information content (AvgIpc) is 2.82. The van der Waals surface area contributed by atoms with Gasteiger partial charge in [0.25, 0.3) is 11.6 Å². The molecule has 172 valence electrons. The second-order valence-corrected chi connectivity index (χ2v) is 8.80. The SMILES string of the molecule is COc1cc(C(=O)N2CCN(S(=O)(=O)c3ccc([N+](=O)[O-])cc3)CC2)cc(OC)c1OC. The van der Waals surface area contributed by atoms with Crippen LogP contribution in [0.15, 0.2) is 41.3 Å². The van der Waals surface area contributed by atoms with Gasteiger partial charge >= 0.3 is 0 Å². The first-order valence-corrected chi connectivity index (χ1v) is 11.0. The zero-order chi connectivity index (χ0) is 23.5. The van der Waals surface area contributed by atoms with Crippen molar-refractivity contribution in [2.75, 3.05) is 47.5 Å². The number of carbonyl (C=O) groups excluding carboxylic acids is 1. The molecule has 3 rings (SSSR count). The number of methoxy groups -OCH3 is 3. The van der Waals surface area contributed by atoms with E-state index < -0.39 is 14.9 Å². The molecule has 1 amide bonds. The summed E-state index contributed by atoms with van der Waals surface area (Å²) in [5, 5.41) is 10.8. The van der Waals surface area contributed by atoms with Crippen molar-refractivity contribution in [3.63, 3.8) is 0 Å². The topological polar surface area (TPSA) is 129 Å². The minimum atomic E-state index is -3.83. The number of nitro benzene ring substituents is 1. The number of carbonyl (C=O) groups is 1. The number of nitrogens with zero attached hydrogens (tertiary/aromatic N) is 3. The summed E-state index contributed by atoms with van der Waals surface area (Å²) >= 11 is 0. The van der Waals surface area contributed by atoms with E-state index in [0.29, 0.717) is 22.8 Å². The molecule has 0 spiro atoms. The number of sulfonamides is 1. The minimum Gasteiger partial charge on any atom is -0.493 e. The second kappa shape index (κ2) is 9.40. The Morgan fingerprint density at radius 3 is 1.91 bits per heavy atom. The molecule has 0 radical (unpaired) electrons. The number of amides is 1. The van der Waals surface area contributed by atoms with Crippen molar-refractivity contribution in [3.05, 3.63) is 52.1 Å². The number of hydrogen-bond acceptors (Lipinski definition) is 8. The fraction of sp³-hybridized carbons (Fsp3) is 0.350. The molecule has 1 aliphatic heterocycles. The van der Waals surface area contributed by atoms with E-state index in [1.165, 1.54) is 37.8 Å². The number of piperazine rings is 1. The third-order valence-corrected chi connectivity index (χ3v) is 7.04. The van der Waals surface area contributed by atoms with Crippen molar-refractivity contribution in [1.29, 1.82) is 0 Å². The smallest absolute Gasteiger partial charge is 0.269 e. The van der Waals surface area contributed by atoms with Gasteiger partial charge in [0.2, 0.25) is 15.8 Å². The lowest BCUT2D eigenvalue weighted by molar-refractivity contribution is -0.384. The zero-order valence-electron chi connectivity index (χ0n) is 17.8. The molecule has 1 fully saturated rings. The zero-order valence-corrected chi connectivity index (χ0v) is 18.6. The van der Waals surface area contributed by atoms with Crippen LogP contribution >= 0.6 is 0 Å².